The molecular formula is C20H32N2O. The summed E-state index contributed by atoms with van der Waals surface area (Å²) in [5, 5.41) is 0. The van der Waals surface area contributed by atoms with E-state index in [1.807, 2.05) is 6.07 Å². The number of nitrogens with zero attached hydrogens (tertiary/aromatic N) is 2. The summed E-state index contributed by atoms with van der Waals surface area (Å²) in [5.74, 6) is 1.12. The lowest BCUT2D eigenvalue weighted by Crippen LogP contribution is -2.34. The van der Waals surface area contributed by atoms with Crippen LogP contribution in [-0.2, 0) is 0 Å². The Morgan fingerprint density at radius 3 is 2.43 bits per heavy atom. The van der Waals surface area contributed by atoms with Crippen LogP contribution in [0.5, 0.6) is 0 Å². The summed E-state index contributed by atoms with van der Waals surface area (Å²) in [5.41, 5.74) is 3.31. The van der Waals surface area contributed by atoms with Crippen molar-refractivity contribution in [1.29, 1.82) is 0 Å². The van der Waals surface area contributed by atoms with Crippen molar-refractivity contribution in [3.05, 3.63) is 29.3 Å². The number of Topliss-reactive ketones (excluding diaryl/α,β-unsaturated/α-hetero) is 1. The van der Waals surface area contributed by atoms with Crippen molar-refractivity contribution in [2.24, 2.45) is 5.92 Å². The summed E-state index contributed by atoms with van der Waals surface area (Å²) in [6.45, 7) is 14.0. The molecule has 0 aliphatic carbocycles. The number of ketones is 1. The van der Waals surface area contributed by atoms with Crippen LogP contribution in [0.4, 0.5) is 5.69 Å². The Hall–Kier alpha value is -1.35. The number of benzene rings is 1. The average molecular weight is 316 g/mol. The first-order valence-electron chi connectivity index (χ1n) is 9.16. The number of carbonyl (C=O) groups is 1. The van der Waals surface area contributed by atoms with Gasteiger partial charge in [-0.05, 0) is 76.4 Å². The lowest BCUT2D eigenvalue weighted by atomic mass is 9.98. The molecule has 1 aromatic rings. The third kappa shape index (κ3) is 4.81. The molecule has 2 rings (SSSR count). The summed E-state index contributed by atoms with van der Waals surface area (Å²) in [4.78, 5) is 17.3. The Morgan fingerprint density at radius 2 is 1.87 bits per heavy atom. The first kappa shape index (κ1) is 18.0. The van der Waals surface area contributed by atoms with E-state index in [1.165, 1.54) is 24.1 Å². The van der Waals surface area contributed by atoms with E-state index >= 15 is 0 Å². The van der Waals surface area contributed by atoms with Crippen LogP contribution in [0.3, 0.4) is 0 Å². The van der Waals surface area contributed by atoms with Crippen LogP contribution in [0.25, 0.3) is 0 Å². The van der Waals surface area contributed by atoms with Gasteiger partial charge in [0.15, 0.2) is 5.78 Å². The van der Waals surface area contributed by atoms with Crippen molar-refractivity contribution in [3.8, 4) is 0 Å². The van der Waals surface area contributed by atoms with Gasteiger partial charge in [0.05, 0.1) is 0 Å². The molecule has 1 aliphatic rings. The fourth-order valence-electron chi connectivity index (χ4n) is 3.44. The minimum absolute atomic E-state index is 0.276. The van der Waals surface area contributed by atoms with Gasteiger partial charge in [-0.25, -0.2) is 0 Å². The zero-order valence-corrected chi connectivity index (χ0v) is 15.3. The van der Waals surface area contributed by atoms with E-state index in [-0.39, 0.29) is 5.78 Å². The van der Waals surface area contributed by atoms with Crippen molar-refractivity contribution in [3.63, 3.8) is 0 Å². The molecule has 23 heavy (non-hydrogen) atoms. The van der Waals surface area contributed by atoms with Crippen LogP contribution in [0.15, 0.2) is 18.2 Å². The number of aryl methyl sites for hydroxylation is 1. The van der Waals surface area contributed by atoms with Crippen molar-refractivity contribution in [2.75, 3.05) is 37.6 Å². The SMILES string of the molecule is CCN(CC)c1ccc(C(=O)CCN2CCC(C)CC2)cc1C. The number of carbonyl (C=O) groups excluding carboxylic acids is 1. The van der Waals surface area contributed by atoms with Gasteiger partial charge in [-0.15, -0.1) is 0 Å². The van der Waals surface area contributed by atoms with Gasteiger partial charge in [-0.1, -0.05) is 6.92 Å². The van der Waals surface area contributed by atoms with Crippen LogP contribution < -0.4 is 4.90 Å². The predicted octanol–water partition coefficient (Wildman–Crippen LogP) is 4.15. The molecule has 3 nitrogen and oxygen atoms in total. The van der Waals surface area contributed by atoms with Crippen LogP contribution in [0, 0.1) is 12.8 Å². The van der Waals surface area contributed by atoms with Gasteiger partial charge in [0.2, 0.25) is 0 Å². The van der Waals surface area contributed by atoms with Crippen molar-refractivity contribution in [1.82, 2.24) is 4.90 Å². The van der Waals surface area contributed by atoms with Gasteiger partial charge in [-0.2, -0.15) is 0 Å². The monoisotopic (exact) mass is 316 g/mol. The number of rotatable bonds is 7. The Labute approximate surface area is 141 Å². The molecule has 1 aromatic carbocycles. The molecule has 0 atom stereocenters. The minimum atomic E-state index is 0.276. The fourth-order valence-corrected chi connectivity index (χ4v) is 3.44. The van der Waals surface area contributed by atoms with E-state index in [0.717, 1.165) is 44.2 Å². The molecule has 0 N–H and O–H groups in total. The third-order valence-corrected chi connectivity index (χ3v) is 5.15. The second-order valence-electron chi connectivity index (χ2n) is 6.87. The number of likely N-dealkylation sites (tertiary alicyclic amines) is 1. The first-order valence-corrected chi connectivity index (χ1v) is 9.16. The molecule has 0 radical (unpaired) electrons. The number of hydrogen-bond donors (Lipinski definition) is 0. The topological polar surface area (TPSA) is 23.6 Å². The van der Waals surface area contributed by atoms with E-state index in [4.69, 9.17) is 0 Å². The van der Waals surface area contributed by atoms with E-state index in [2.05, 4.69) is 49.6 Å². The Balaban J connectivity index is 1.93. The van der Waals surface area contributed by atoms with E-state index in [0.29, 0.717) is 6.42 Å². The molecule has 0 saturated carbocycles. The molecule has 0 unspecified atom stereocenters. The zero-order valence-electron chi connectivity index (χ0n) is 15.3. The van der Waals surface area contributed by atoms with Crippen LogP contribution in [-0.4, -0.2) is 43.4 Å². The molecule has 1 aliphatic heterocycles. The molecule has 1 heterocycles. The molecule has 1 fully saturated rings. The highest BCUT2D eigenvalue weighted by molar-refractivity contribution is 5.96. The van der Waals surface area contributed by atoms with Crippen molar-refractivity contribution >= 4 is 11.5 Å². The smallest absolute Gasteiger partial charge is 0.164 e. The molecule has 0 spiro atoms. The van der Waals surface area contributed by atoms with Crippen LogP contribution >= 0.6 is 0 Å². The van der Waals surface area contributed by atoms with Crippen molar-refractivity contribution in [2.45, 2.75) is 47.0 Å². The quantitative estimate of drug-likeness (QED) is 0.706. The van der Waals surface area contributed by atoms with E-state index in [9.17, 15) is 4.79 Å². The summed E-state index contributed by atoms with van der Waals surface area (Å²) in [6, 6.07) is 6.17. The first-order chi connectivity index (χ1) is 11.0. The Bertz CT molecular complexity index is 514. The normalized spacial score (nSPS) is 16.5. The molecular weight excluding hydrogens is 284 g/mol. The molecule has 0 aromatic heterocycles. The van der Waals surface area contributed by atoms with Crippen LogP contribution in [0.1, 0.15) is 56.0 Å². The second kappa shape index (κ2) is 8.49. The van der Waals surface area contributed by atoms with Gasteiger partial charge in [0.1, 0.15) is 0 Å². The zero-order chi connectivity index (χ0) is 16.8. The maximum absolute atomic E-state index is 12.5. The van der Waals surface area contributed by atoms with E-state index < -0.39 is 0 Å². The predicted molar refractivity (Wildman–Crippen MR) is 98.5 cm³/mol. The average Bonchev–Trinajstić information content (AvgIpc) is 2.56. The van der Waals surface area contributed by atoms with Gasteiger partial charge >= 0.3 is 0 Å². The summed E-state index contributed by atoms with van der Waals surface area (Å²) >= 11 is 0. The molecule has 0 amide bonds. The van der Waals surface area contributed by atoms with Gasteiger partial charge in [0, 0.05) is 37.3 Å². The molecule has 0 bridgehead atoms. The second-order valence-corrected chi connectivity index (χ2v) is 6.87. The lowest BCUT2D eigenvalue weighted by Gasteiger charge is -2.29. The Morgan fingerprint density at radius 1 is 1.22 bits per heavy atom. The Kier molecular flexibility index (Phi) is 6.64. The van der Waals surface area contributed by atoms with Crippen LogP contribution in [0.2, 0.25) is 0 Å². The van der Waals surface area contributed by atoms with Gasteiger partial charge in [0.25, 0.3) is 0 Å². The maximum atomic E-state index is 12.5. The minimum Gasteiger partial charge on any atom is -0.372 e. The molecule has 3 heteroatoms. The number of hydrogen-bond acceptors (Lipinski definition) is 3. The summed E-state index contributed by atoms with van der Waals surface area (Å²) < 4.78 is 0. The molecule has 1 saturated heterocycles. The van der Waals surface area contributed by atoms with Gasteiger partial charge < -0.3 is 9.80 Å². The maximum Gasteiger partial charge on any atom is 0.164 e. The van der Waals surface area contributed by atoms with Crippen molar-refractivity contribution < 1.29 is 4.79 Å². The number of piperidine rings is 1. The van der Waals surface area contributed by atoms with Gasteiger partial charge in [-0.3, -0.25) is 4.79 Å². The third-order valence-electron chi connectivity index (χ3n) is 5.15. The highest BCUT2D eigenvalue weighted by Crippen LogP contribution is 2.22. The standard InChI is InChI=1S/C20H32N2O/c1-5-22(6-2)19-8-7-18(15-17(19)4)20(23)11-14-21-12-9-16(3)10-13-21/h7-8,15-16H,5-6,9-14H2,1-4H3. The fraction of sp³-hybridized carbons (Fsp3) is 0.650. The van der Waals surface area contributed by atoms with E-state index in [1.54, 1.807) is 0 Å². The number of anilines is 1. The highest BCUT2D eigenvalue weighted by atomic mass is 16.1. The molecule has 128 valence electrons. The highest BCUT2D eigenvalue weighted by Gasteiger charge is 2.17. The largest absolute Gasteiger partial charge is 0.372 e. The summed E-state index contributed by atoms with van der Waals surface area (Å²) in [7, 11) is 0. The lowest BCUT2D eigenvalue weighted by molar-refractivity contribution is 0.0953. The summed E-state index contributed by atoms with van der Waals surface area (Å²) in [6.07, 6.45) is 3.18.